The molecule has 2 unspecified atom stereocenters. The Morgan fingerprint density at radius 1 is 1.05 bits per heavy atom. The van der Waals surface area contributed by atoms with Crippen LogP contribution in [0.25, 0.3) is 0 Å². The lowest BCUT2D eigenvalue weighted by Gasteiger charge is -2.30. The van der Waals surface area contributed by atoms with E-state index < -0.39 is 11.0 Å². The van der Waals surface area contributed by atoms with Gasteiger partial charge in [-0.05, 0) is 50.2 Å². The zero-order valence-electron chi connectivity index (χ0n) is 14.3. The quantitative estimate of drug-likeness (QED) is 0.783. The van der Waals surface area contributed by atoms with E-state index in [1.54, 1.807) is 0 Å². The molecular weight excluding hydrogens is 278 g/mol. The fourth-order valence-electron chi connectivity index (χ4n) is 2.83. The molecule has 2 atom stereocenters. The molecular formula is C18H29NOS. The van der Waals surface area contributed by atoms with E-state index in [1.165, 1.54) is 11.1 Å². The maximum absolute atomic E-state index is 12.7. The molecule has 1 aliphatic heterocycles. The Bertz CT molecular complexity index is 508. The van der Waals surface area contributed by atoms with Crippen molar-refractivity contribution in [1.29, 1.82) is 0 Å². The molecule has 1 fully saturated rings. The monoisotopic (exact) mass is 307 g/mol. The minimum atomic E-state index is -0.932. The third-order valence-corrected chi connectivity index (χ3v) is 6.01. The molecule has 2 rings (SSSR count). The van der Waals surface area contributed by atoms with Gasteiger partial charge in [0.25, 0.3) is 0 Å². The summed E-state index contributed by atoms with van der Waals surface area (Å²) in [5.41, 5.74) is 2.84. The van der Waals surface area contributed by atoms with Crippen molar-refractivity contribution in [3.63, 3.8) is 0 Å². The third-order valence-electron chi connectivity index (χ3n) is 4.10. The SMILES string of the molecule is CC(C)(C)c1ccc(C2CCCN2S(=O)C(C)(C)C)cc1. The highest BCUT2D eigenvalue weighted by Crippen LogP contribution is 2.36. The van der Waals surface area contributed by atoms with E-state index in [9.17, 15) is 4.21 Å². The smallest absolute Gasteiger partial charge is 0.100 e. The van der Waals surface area contributed by atoms with Gasteiger partial charge in [0, 0.05) is 12.6 Å². The van der Waals surface area contributed by atoms with Crippen molar-refractivity contribution in [1.82, 2.24) is 4.31 Å². The van der Waals surface area contributed by atoms with Gasteiger partial charge in [0.15, 0.2) is 0 Å². The van der Waals surface area contributed by atoms with Crippen LogP contribution in [-0.4, -0.2) is 19.8 Å². The molecule has 0 amide bonds. The molecule has 0 spiro atoms. The zero-order chi connectivity index (χ0) is 15.8. The van der Waals surface area contributed by atoms with Crippen molar-refractivity contribution in [2.75, 3.05) is 6.54 Å². The first kappa shape index (κ1) is 16.7. The number of hydrogen-bond donors (Lipinski definition) is 0. The van der Waals surface area contributed by atoms with Crippen LogP contribution in [0.1, 0.15) is 71.6 Å². The molecule has 1 aliphatic rings. The first-order valence-corrected chi connectivity index (χ1v) is 9.00. The first-order chi connectivity index (χ1) is 9.60. The summed E-state index contributed by atoms with van der Waals surface area (Å²) in [6.07, 6.45) is 2.24. The van der Waals surface area contributed by atoms with Crippen LogP contribution < -0.4 is 0 Å². The molecule has 1 saturated heterocycles. The number of rotatable bonds is 2. The van der Waals surface area contributed by atoms with Crippen molar-refractivity contribution in [2.24, 2.45) is 0 Å². The molecule has 0 aliphatic carbocycles. The van der Waals surface area contributed by atoms with E-state index in [1.807, 2.05) is 0 Å². The first-order valence-electron chi connectivity index (χ1n) is 7.90. The summed E-state index contributed by atoms with van der Waals surface area (Å²) in [5, 5.41) is 0. The third kappa shape index (κ3) is 3.75. The molecule has 118 valence electrons. The summed E-state index contributed by atoms with van der Waals surface area (Å²) in [6, 6.07) is 9.21. The summed E-state index contributed by atoms with van der Waals surface area (Å²) in [5.74, 6) is 0. The van der Waals surface area contributed by atoms with Gasteiger partial charge >= 0.3 is 0 Å². The van der Waals surface area contributed by atoms with E-state index in [0.29, 0.717) is 6.04 Å². The van der Waals surface area contributed by atoms with Crippen LogP contribution in [0.15, 0.2) is 24.3 Å². The summed E-state index contributed by atoms with van der Waals surface area (Å²) in [6.45, 7) is 13.8. The fourth-order valence-corrected chi connectivity index (χ4v) is 4.29. The van der Waals surface area contributed by atoms with Crippen molar-refractivity contribution in [3.05, 3.63) is 35.4 Å². The van der Waals surface area contributed by atoms with E-state index in [0.717, 1.165) is 19.4 Å². The van der Waals surface area contributed by atoms with E-state index in [2.05, 4.69) is 70.1 Å². The average molecular weight is 308 g/mol. The molecule has 21 heavy (non-hydrogen) atoms. The van der Waals surface area contributed by atoms with E-state index in [4.69, 9.17) is 0 Å². The number of benzene rings is 1. The summed E-state index contributed by atoms with van der Waals surface area (Å²) in [4.78, 5) is 0. The van der Waals surface area contributed by atoms with Crippen molar-refractivity contribution < 1.29 is 4.21 Å². The predicted molar refractivity (Wildman–Crippen MR) is 91.7 cm³/mol. The standard InChI is InChI=1S/C18H29NOS/c1-17(2,3)15-11-9-14(10-12-15)16-8-7-13-19(16)21(20)18(4,5)6/h9-12,16H,7-8,13H2,1-6H3. The van der Waals surface area contributed by atoms with Crippen LogP contribution in [0.5, 0.6) is 0 Å². The van der Waals surface area contributed by atoms with E-state index in [-0.39, 0.29) is 10.2 Å². The van der Waals surface area contributed by atoms with Crippen molar-refractivity contribution in [3.8, 4) is 0 Å². The van der Waals surface area contributed by atoms with Crippen LogP contribution in [-0.2, 0) is 16.4 Å². The average Bonchev–Trinajstić information content (AvgIpc) is 2.84. The molecule has 1 aromatic rings. The predicted octanol–water partition coefficient (Wildman–Crippen LogP) is 4.58. The summed E-state index contributed by atoms with van der Waals surface area (Å²) in [7, 11) is -0.932. The van der Waals surface area contributed by atoms with Crippen LogP contribution in [0.4, 0.5) is 0 Å². The Balaban J connectivity index is 2.23. The second-order valence-corrected chi connectivity index (χ2v) is 10.2. The molecule has 0 saturated carbocycles. The summed E-state index contributed by atoms with van der Waals surface area (Å²) < 4.78 is 14.7. The molecule has 0 N–H and O–H groups in total. The van der Waals surface area contributed by atoms with Gasteiger partial charge in [0.2, 0.25) is 0 Å². The molecule has 0 aromatic heterocycles. The zero-order valence-corrected chi connectivity index (χ0v) is 15.1. The van der Waals surface area contributed by atoms with Crippen LogP contribution >= 0.6 is 0 Å². The largest absolute Gasteiger partial charge is 0.242 e. The maximum atomic E-state index is 12.7. The Hall–Kier alpha value is -0.670. The van der Waals surface area contributed by atoms with E-state index >= 15 is 0 Å². The normalized spacial score (nSPS) is 22.5. The van der Waals surface area contributed by atoms with Crippen LogP contribution in [0, 0.1) is 0 Å². The lowest BCUT2D eigenvalue weighted by Crippen LogP contribution is -2.37. The fraction of sp³-hybridized carbons (Fsp3) is 0.667. The number of hydrogen-bond acceptors (Lipinski definition) is 1. The Labute approximate surface area is 132 Å². The molecule has 2 nitrogen and oxygen atoms in total. The molecule has 0 bridgehead atoms. The molecule has 0 radical (unpaired) electrons. The highest BCUT2D eigenvalue weighted by Gasteiger charge is 2.35. The maximum Gasteiger partial charge on any atom is 0.100 e. The highest BCUT2D eigenvalue weighted by atomic mass is 32.2. The van der Waals surface area contributed by atoms with Gasteiger partial charge in [0.1, 0.15) is 11.0 Å². The van der Waals surface area contributed by atoms with Crippen LogP contribution in [0.2, 0.25) is 0 Å². The van der Waals surface area contributed by atoms with Gasteiger partial charge < -0.3 is 0 Å². The lowest BCUT2D eigenvalue weighted by molar-refractivity contribution is 0.415. The molecule has 1 aromatic carbocycles. The van der Waals surface area contributed by atoms with Gasteiger partial charge in [-0.15, -0.1) is 0 Å². The topological polar surface area (TPSA) is 20.3 Å². The molecule has 1 heterocycles. The van der Waals surface area contributed by atoms with Crippen LogP contribution in [0.3, 0.4) is 0 Å². The second kappa shape index (κ2) is 5.85. The van der Waals surface area contributed by atoms with Crippen molar-refractivity contribution in [2.45, 2.75) is 70.6 Å². The van der Waals surface area contributed by atoms with Gasteiger partial charge in [0.05, 0.1) is 4.75 Å². The van der Waals surface area contributed by atoms with Gasteiger partial charge in [-0.1, -0.05) is 45.0 Å². The minimum Gasteiger partial charge on any atom is -0.242 e. The Morgan fingerprint density at radius 2 is 1.62 bits per heavy atom. The van der Waals surface area contributed by atoms with Gasteiger partial charge in [-0.2, -0.15) is 0 Å². The van der Waals surface area contributed by atoms with Gasteiger partial charge in [-0.3, -0.25) is 0 Å². The highest BCUT2D eigenvalue weighted by molar-refractivity contribution is 7.84. The molecule has 3 heteroatoms. The Morgan fingerprint density at radius 3 is 2.10 bits per heavy atom. The van der Waals surface area contributed by atoms with Gasteiger partial charge in [-0.25, -0.2) is 8.51 Å². The number of nitrogens with zero attached hydrogens (tertiary/aromatic N) is 1. The second-order valence-electron chi connectivity index (χ2n) is 8.03. The Kier molecular flexibility index (Phi) is 4.65. The lowest BCUT2D eigenvalue weighted by atomic mass is 9.86. The summed E-state index contributed by atoms with van der Waals surface area (Å²) >= 11 is 0. The van der Waals surface area contributed by atoms with Crippen molar-refractivity contribution >= 4 is 11.0 Å². The minimum absolute atomic E-state index is 0.183.